The number of carbonyl (C=O) groups excluding carboxylic acids is 2. The summed E-state index contributed by atoms with van der Waals surface area (Å²) in [5.41, 5.74) is 2.49. The zero-order valence-electron chi connectivity index (χ0n) is 16.3. The summed E-state index contributed by atoms with van der Waals surface area (Å²) in [4.78, 5) is 31.3. The van der Waals surface area contributed by atoms with Crippen molar-refractivity contribution in [3.8, 4) is 0 Å². The summed E-state index contributed by atoms with van der Waals surface area (Å²) in [6.45, 7) is 8.23. The molecule has 2 amide bonds. The summed E-state index contributed by atoms with van der Waals surface area (Å²) in [6, 6.07) is 8.51. The van der Waals surface area contributed by atoms with Crippen molar-refractivity contribution in [3.63, 3.8) is 0 Å². The number of benzene rings is 1. The van der Waals surface area contributed by atoms with Gasteiger partial charge < -0.3 is 14.7 Å². The molecule has 0 N–H and O–H groups in total. The molecule has 2 fully saturated rings. The average Bonchev–Trinajstić information content (AvgIpc) is 3.45. The van der Waals surface area contributed by atoms with Crippen LogP contribution in [-0.4, -0.2) is 61.4 Å². The predicted octanol–water partition coefficient (Wildman–Crippen LogP) is 2.54. The summed E-state index contributed by atoms with van der Waals surface area (Å²) < 4.78 is 0. The number of rotatable bonds is 6. The number of hydrogen-bond donors (Lipinski definition) is 0. The van der Waals surface area contributed by atoms with Gasteiger partial charge in [-0.2, -0.15) is 0 Å². The van der Waals surface area contributed by atoms with E-state index in [1.807, 2.05) is 11.9 Å². The molecule has 2 atom stereocenters. The molecule has 1 aliphatic carbocycles. The van der Waals surface area contributed by atoms with Crippen molar-refractivity contribution in [2.45, 2.75) is 33.1 Å². The van der Waals surface area contributed by atoms with Crippen molar-refractivity contribution in [2.75, 3.05) is 44.7 Å². The molecule has 0 spiro atoms. The molecule has 1 aliphatic heterocycles. The van der Waals surface area contributed by atoms with Crippen molar-refractivity contribution in [2.24, 2.45) is 11.8 Å². The van der Waals surface area contributed by atoms with E-state index in [1.165, 1.54) is 11.3 Å². The lowest BCUT2D eigenvalue weighted by Gasteiger charge is -2.36. The fourth-order valence-corrected chi connectivity index (χ4v) is 3.77. The molecule has 26 heavy (non-hydrogen) atoms. The van der Waals surface area contributed by atoms with Crippen LogP contribution in [0.25, 0.3) is 0 Å². The first kappa shape index (κ1) is 18.7. The average molecular weight is 357 g/mol. The van der Waals surface area contributed by atoms with Gasteiger partial charge in [0.15, 0.2) is 0 Å². The van der Waals surface area contributed by atoms with Gasteiger partial charge in [-0.1, -0.05) is 25.5 Å². The van der Waals surface area contributed by atoms with Gasteiger partial charge in [-0.25, -0.2) is 0 Å². The quantitative estimate of drug-likeness (QED) is 0.786. The Hall–Kier alpha value is -2.04. The second-order valence-electron chi connectivity index (χ2n) is 7.71. The molecule has 0 radical (unpaired) electrons. The van der Waals surface area contributed by atoms with Gasteiger partial charge in [0.2, 0.25) is 11.8 Å². The number of hydrogen-bond acceptors (Lipinski definition) is 3. The Bertz CT molecular complexity index is 652. The molecule has 5 heteroatoms. The fourth-order valence-electron chi connectivity index (χ4n) is 3.77. The van der Waals surface area contributed by atoms with Gasteiger partial charge in [-0.05, 0) is 37.5 Å². The highest BCUT2D eigenvalue weighted by Crippen LogP contribution is 2.41. The van der Waals surface area contributed by atoms with E-state index in [2.05, 4.69) is 43.0 Å². The largest absolute Gasteiger partial charge is 0.368 e. The van der Waals surface area contributed by atoms with Crippen molar-refractivity contribution < 1.29 is 9.59 Å². The van der Waals surface area contributed by atoms with Gasteiger partial charge in [-0.3, -0.25) is 9.59 Å². The van der Waals surface area contributed by atoms with E-state index in [1.54, 1.807) is 4.90 Å². The van der Waals surface area contributed by atoms with Crippen molar-refractivity contribution in [1.29, 1.82) is 0 Å². The van der Waals surface area contributed by atoms with Crippen molar-refractivity contribution >= 4 is 17.5 Å². The van der Waals surface area contributed by atoms with Crippen molar-refractivity contribution in [1.82, 2.24) is 9.80 Å². The standard InChI is InChI=1S/C21H31N3O2/c1-4-5-9-22(3)20(25)18-15-19(18)21(26)24-12-10-23(11-13-24)17-8-6-7-16(2)14-17/h6-8,14,18-19H,4-5,9-13,15H2,1-3H3. The molecule has 3 rings (SSSR count). The molecule has 1 aromatic rings. The third-order valence-electron chi connectivity index (χ3n) is 5.61. The van der Waals surface area contributed by atoms with Crippen LogP contribution in [0.3, 0.4) is 0 Å². The number of unbranched alkanes of at least 4 members (excludes halogenated alkanes) is 1. The normalized spacial score (nSPS) is 22.3. The summed E-state index contributed by atoms with van der Waals surface area (Å²) >= 11 is 0. The van der Waals surface area contributed by atoms with E-state index in [9.17, 15) is 9.59 Å². The van der Waals surface area contributed by atoms with Crippen LogP contribution in [0.2, 0.25) is 0 Å². The Balaban J connectivity index is 1.48. The van der Waals surface area contributed by atoms with E-state index in [0.29, 0.717) is 0 Å². The summed E-state index contributed by atoms with van der Waals surface area (Å²) in [6.07, 6.45) is 2.83. The number of anilines is 1. The van der Waals surface area contributed by atoms with Crippen LogP contribution in [0.5, 0.6) is 0 Å². The Morgan fingerprint density at radius 3 is 2.54 bits per heavy atom. The molecule has 5 nitrogen and oxygen atoms in total. The monoisotopic (exact) mass is 357 g/mol. The molecule has 2 aliphatic rings. The number of piperazine rings is 1. The molecule has 1 saturated carbocycles. The molecule has 2 unspecified atom stereocenters. The lowest BCUT2D eigenvalue weighted by atomic mass is 10.1. The minimum Gasteiger partial charge on any atom is -0.368 e. The van der Waals surface area contributed by atoms with Gasteiger partial charge in [0.1, 0.15) is 0 Å². The van der Waals surface area contributed by atoms with Crippen LogP contribution in [0.15, 0.2) is 24.3 Å². The van der Waals surface area contributed by atoms with E-state index in [-0.39, 0.29) is 23.7 Å². The summed E-state index contributed by atoms with van der Waals surface area (Å²) in [5.74, 6) is 0.155. The van der Waals surface area contributed by atoms with Gasteiger partial charge in [0, 0.05) is 45.5 Å². The zero-order valence-corrected chi connectivity index (χ0v) is 16.3. The molecule has 1 saturated heterocycles. The third kappa shape index (κ3) is 4.19. The van der Waals surface area contributed by atoms with Crippen LogP contribution in [0, 0.1) is 18.8 Å². The molecule has 0 bridgehead atoms. The molecule has 142 valence electrons. The second kappa shape index (κ2) is 8.11. The van der Waals surface area contributed by atoms with Gasteiger partial charge in [0.05, 0.1) is 11.8 Å². The Morgan fingerprint density at radius 1 is 1.15 bits per heavy atom. The summed E-state index contributed by atoms with van der Waals surface area (Å²) in [7, 11) is 1.86. The van der Waals surface area contributed by atoms with Crippen LogP contribution >= 0.6 is 0 Å². The summed E-state index contributed by atoms with van der Waals surface area (Å²) in [5, 5.41) is 0. The maximum Gasteiger partial charge on any atom is 0.226 e. The first-order valence-electron chi connectivity index (χ1n) is 9.86. The highest BCUT2D eigenvalue weighted by Gasteiger charge is 2.50. The minimum absolute atomic E-state index is 0.0841. The van der Waals surface area contributed by atoms with E-state index in [0.717, 1.165) is 52.0 Å². The van der Waals surface area contributed by atoms with E-state index in [4.69, 9.17) is 0 Å². The minimum atomic E-state index is -0.0860. The van der Waals surface area contributed by atoms with Crippen LogP contribution < -0.4 is 4.90 Å². The first-order chi connectivity index (χ1) is 12.5. The third-order valence-corrected chi connectivity index (χ3v) is 5.61. The van der Waals surface area contributed by atoms with Crippen LogP contribution in [0.4, 0.5) is 5.69 Å². The van der Waals surface area contributed by atoms with Gasteiger partial charge >= 0.3 is 0 Å². The number of nitrogens with zero attached hydrogens (tertiary/aromatic N) is 3. The van der Waals surface area contributed by atoms with E-state index >= 15 is 0 Å². The van der Waals surface area contributed by atoms with Crippen LogP contribution in [0.1, 0.15) is 31.7 Å². The van der Waals surface area contributed by atoms with E-state index < -0.39 is 0 Å². The molecule has 1 aromatic carbocycles. The number of amides is 2. The second-order valence-corrected chi connectivity index (χ2v) is 7.71. The Labute approximate surface area is 156 Å². The SMILES string of the molecule is CCCCN(C)C(=O)C1CC1C(=O)N1CCN(c2cccc(C)c2)CC1. The smallest absolute Gasteiger partial charge is 0.226 e. The Morgan fingerprint density at radius 2 is 1.88 bits per heavy atom. The van der Waals surface area contributed by atoms with Crippen LogP contribution in [-0.2, 0) is 9.59 Å². The molecule has 0 aromatic heterocycles. The highest BCUT2D eigenvalue weighted by atomic mass is 16.2. The lowest BCUT2D eigenvalue weighted by Crippen LogP contribution is -2.49. The first-order valence-corrected chi connectivity index (χ1v) is 9.86. The maximum atomic E-state index is 12.7. The lowest BCUT2D eigenvalue weighted by molar-refractivity contribution is -0.137. The molecular weight excluding hydrogens is 326 g/mol. The predicted molar refractivity (Wildman–Crippen MR) is 104 cm³/mol. The number of aryl methyl sites for hydroxylation is 1. The van der Waals surface area contributed by atoms with Crippen molar-refractivity contribution in [3.05, 3.63) is 29.8 Å². The maximum absolute atomic E-state index is 12.7. The fraction of sp³-hybridized carbons (Fsp3) is 0.619. The molecular formula is C21H31N3O2. The number of carbonyl (C=O) groups is 2. The zero-order chi connectivity index (χ0) is 18.7. The topological polar surface area (TPSA) is 43.9 Å². The van der Waals surface area contributed by atoms with Gasteiger partial charge in [0.25, 0.3) is 0 Å². The Kier molecular flexibility index (Phi) is 5.84. The highest BCUT2D eigenvalue weighted by molar-refractivity contribution is 5.92. The van der Waals surface area contributed by atoms with Gasteiger partial charge in [-0.15, -0.1) is 0 Å². The molecule has 1 heterocycles.